The van der Waals surface area contributed by atoms with Crippen molar-refractivity contribution in [1.29, 1.82) is 5.26 Å². The Balaban J connectivity index is 2.95. The van der Waals surface area contributed by atoms with Crippen LogP contribution in [0.3, 0.4) is 0 Å². The van der Waals surface area contributed by atoms with Crippen molar-refractivity contribution >= 4 is 0 Å². The van der Waals surface area contributed by atoms with Crippen molar-refractivity contribution < 1.29 is 17.6 Å². The second-order valence-electron chi connectivity index (χ2n) is 5.18. The standard InChI is InChI=1S/C15H11F4N3O2/c1-7-4-11(10(16)5-9(7)6-20)22-13(23)8(2)12(15(17,18)19)21(3)14(22)24/h4-5H,1-3H3. The van der Waals surface area contributed by atoms with Crippen molar-refractivity contribution in [2.45, 2.75) is 20.0 Å². The number of aromatic nitrogens is 2. The number of nitriles is 1. The molecule has 126 valence electrons. The van der Waals surface area contributed by atoms with Crippen molar-refractivity contribution in [3.8, 4) is 11.8 Å². The van der Waals surface area contributed by atoms with Gasteiger partial charge in [0.2, 0.25) is 0 Å². The van der Waals surface area contributed by atoms with Crippen LogP contribution in [0, 0.1) is 31.0 Å². The first-order valence-corrected chi connectivity index (χ1v) is 6.61. The summed E-state index contributed by atoms with van der Waals surface area (Å²) < 4.78 is 53.8. The van der Waals surface area contributed by atoms with Crippen LogP contribution >= 0.6 is 0 Å². The van der Waals surface area contributed by atoms with E-state index < -0.39 is 40.2 Å². The van der Waals surface area contributed by atoms with Gasteiger partial charge in [-0.25, -0.2) is 13.8 Å². The smallest absolute Gasteiger partial charge is 0.292 e. The third-order valence-corrected chi connectivity index (χ3v) is 3.62. The molecule has 0 saturated carbocycles. The summed E-state index contributed by atoms with van der Waals surface area (Å²) in [5.74, 6) is -1.06. The number of halogens is 4. The van der Waals surface area contributed by atoms with Gasteiger partial charge in [0.25, 0.3) is 5.56 Å². The maximum atomic E-state index is 14.2. The summed E-state index contributed by atoms with van der Waals surface area (Å²) in [5, 5.41) is 8.85. The molecule has 0 aliphatic heterocycles. The summed E-state index contributed by atoms with van der Waals surface area (Å²) in [7, 11) is 0.850. The largest absolute Gasteiger partial charge is 0.432 e. The van der Waals surface area contributed by atoms with Crippen LogP contribution < -0.4 is 11.2 Å². The molecule has 24 heavy (non-hydrogen) atoms. The van der Waals surface area contributed by atoms with Gasteiger partial charge in [0.05, 0.1) is 17.3 Å². The lowest BCUT2D eigenvalue weighted by Gasteiger charge is -2.17. The Kier molecular flexibility index (Phi) is 4.10. The van der Waals surface area contributed by atoms with E-state index in [0.717, 1.165) is 26.1 Å². The second kappa shape index (κ2) is 5.63. The van der Waals surface area contributed by atoms with Crippen molar-refractivity contribution in [2.75, 3.05) is 0 Å². The molecule has 0 spiro atoms. The minimum atomic E-state index is -4.91. The van der Waals surface area contributed by atoms with E-state index in [-0.39, 0.29) is 15.7 Å². The van der Waals surface area contributed by atoms with E-state index in [0.29, 0.717) is 4.57 Å². The van der Waals surface area contributed by atoms with E-state index in [1.54, 1.807) is 6.07 Å². The first-order chi connectivity index (χ1) is 11.0. The van der Waals surface area contributed by atoms with Gasteiger partial charge in [-0.15, -0.1) is 0 Å². The molecule has 1 heterocycles. The van der Waals surface area contributed by atoms with Crippen molar-refractivity contribution in [3.63, 3.8) is 0 Å². The number of hydrogen-bond acceptors (Lipinski definition) is 3. The molecule has 0 saturated heterocycles. The fourth-order valence-corrected chi connectivity index (χ4v) is 2.43. The Bertz CT molecular complexity index is 957. The van der Waals surface area contributed by atoms with Crippen molar-refractivity contribution in [2.24, 2.45) is 7.05 Å². The molecule has 0 aliphatic carbocycles. The van der Waals surface area contributed by atoms with Crippen LogP contribution in [0.2, 0.25) is 0 Å². The summed E-state index contributed by atoms with van der Waals surface area (Å²) in [6.45, 7) is 2.36. The molecule has 2 aromatic rings. The highest BCUT2D eigenvalue weighted by molar-refractivity contribution is 5.46. The second-order valence-corrected chi connectivity index (χ2v) is 5.18. The average Bonchev–Trinajstić information content (AvgIpc) is 2.47. The quantitative estimate of drug-likeness (QED) is 0.747. The van der Waals surface area contributed by atoms with Crippen LogP contribution in [-0.2, 0) is 13.2 Å². The van der Waals surface area contributed by atoms with Crippen LogP contribution in [0.5, 0.6) is 0 Å². The van der Waals surface area contributed by atoms with E-state index in [1.807, 2.05) is 0 Å². The van der Waals surface area contributed by atoms with Gasteiger partial charge in [-0.05, 0) is 31.5 Å². The molecule has 0 fully saturated rings. The third-order valence-electron chi connectivity index (χ3n) is 3.62. The highest BCUT2D eigenvalue weighted by atomic mass is 19.4. The van der Waals surface area contributed by atoms with E-state index in [1.165, 1.54) is 6.92 Å². The molecule has 0 unspecified atom stereocenters. The van der Waals surface area contributed by atoms with E-state index in [9.17, 15) is 27.2 Å². The van der Waals surface area contributed by atoms with E-state index in [2.05, 4.69) is 0 Å². The zero-order valence-electron chi connectivity index (χ0n) is 12.8. The van der Waals surface area contributed by atoms with Gasteiger partial charge in [-0.1, -0.05) is 0 Å². The number of hydrogen-bond donors (Lipinski definition) is 0. The van der Waals surface area contributed by atoms with Gasteiger partial charge in [-0.2, -0.15) is 18.4 Å². The lowest BCUT2D eigenvalue weighted by molar-refractivity contribution is -0.144. The van der Waals surface area contributed by atoms with Gasteiger partial charge < -0.3 is 0 Å². The Morgan fingerprint density at radius 2 is 1.75 bits per heavy atom. The predicted octanol–water partition coefficient (Wildman–Crippen LogP) is 2.18. The maximum absolute atomic E-state index is 14.2. The Hall–Kier alpha value is -2.89. The third kappa shape index (κ3) is 2.60. The average molecular weight is 341 g/mol. The topological polar surface area (TPSA) is 67.8 Å². The lowest BCUT2D eigenvalue weighted by Crippen LogP contribution is -2.43. The normalized spacial score (nSPS) is 11.4. The highest BCUT2D eigenvalue weighted by Gasteiger charge is 2.37. The molecular weight excluding hydrogens is 330 g/mol. The molecule has 0 bridgehead atoms. The van der Waals surface area contributed by atoms with E-state index >= 15 is 0 Å². The van der Waals surface area contributed by atoms with Crippen molar-refractivity contribution in [3.05, 3.63) is 61.2 Å². The van der Waals surface area contributed by atoms with Gasteiger partial charge in [-0.3, -0.25) is 9.36 Å². The van der Waals surface area contributed by atoms with Crippen LogP contribution in [0.4, 0.5) is 17.6 Å². The van der Waals surface area contributed by atoms with Gasteiger partial charge >= 0.3 is 11.9 Å². The molecule has 9 heteroatoms. The number of benzene rings is 1. The fourth-order valence-electron chi connectivity index (χ4n) is 2.43. The van der Waals surface area contributed by atoms with Gasteiger partial charge in [0.15, 0.2) is 0 Å². The molecule has 1 aromatic heterocycles. The summed E-state index contributed by atoms with van der Waals surface area (Å²) in [6.07, 6.45) is -4.91. The Morgan fingerprint density at radius 1 is 1.17 bits per heavy atom. The monoisotopic (exact) mass is 341 g/mol. The lowest BCUT2D eigenvalue weighted by atomic mass is 10.1. The summed E-state index contributed by atoms with van der Waals surface area (Å²) in [6, 6.07) is 3.63. The zero-order valence-corrected chi connectivity index (χ0v) is 12.8. The minimum absolute atomic E-state index is 0.00948. The van der Waals surface area contributed by atoms with Gasteiger partial charge in [0.1, 0.15) is 11.5 Å². The molecule has 5 nitrogen and oxygen atoms in total. The van der Waals surface area contributed by atoms with Crippen LogP contribution in [0.25, 0.3) is 5.69 Å². The molecule has 1 aromatic carbocycles. The number of alkyl halides is 3. The maximum Gasteiger partial charge on any atom is 0.432 e. The minimum Gasteiger partial charge on any atom is -0.292 e. The molecule has 2 rings (SSSR count). The molecular formula is C15H11F4N3O2. The molecule has 0 atom stereocenters. The van der Waals surface area contributed by atoms with E-state index in [4.69, 9.17) is 5.26 Å². The molecule has 0 N–H and O–H groups in total. The summed E-state index contributed by atoms with van der Waals surface area (Å²) in [5.41, 5.74) is -4.96. The molecule has 0 amide bonds. The summed E-state index contributed by atoms with van der Waals surface area (Å²) in [4.78, 5) is 24.5. The molecule has 0 radical (unpaired) electrons. The van der Waals surface area contributed by atoms with Crippen LogP contribution in [0.1, 0.15) is 22.4 Å². The fraction of sp³-hybridized carbons (Fsp3) is 0.267. The van der Waals surface area contributed by atoms with Crippen LogP contribution in [-0.4, -0.2) is 9.13 Å². The van der Waals surface area contributed by atoms with Gasteiger partial charge in [0, 0.05) is 12.6 Å². The summed E-state index contributed by atoms with van der Waals surface area (Å²) >= 11 is 0. The zero-order chi connectivity index (χ0) is 18.4. The SMILES string of the molecule is Cc1cc(-n2c(=O)c(C)c(C(F)(F)F)n(C)c2=O)c(F)cc1C#N. The first kappa shape index (κ1) is 17.5. The molecule has 0 aliphatic rings. The Morgan fingerprint density at radius 3 is 2.25 bits per heavy atom. The number of aryl methyl sites for hydroxylation is 1. The highest BCUT2D eigenvalue weighted by Crippen LogP contribution is 2.29. The number of nitrogens with zero attached hydrogens (tertiary/aromatic N) is 3. The Labute approximate surface area is 133 Å². The van der Waals surface area contributed by atoms with Crippen LogP contribution in [0.15, 0.2) is 21.7 Å². The van der Waals surface area contributed by atoms with Crippen molar-refractivity contribution in [1.82, 2.24) is 9.13 Å². The number of rotatable bonds is 1. The predicted molar refractivity (Wildman–Crippen MR) is 76.4 cm³/mol. The first-order valence-electron chi connectivity index (χ1n) is 6.61.